The fraction of sp³-hybridized carbons (Fsp3) is 0.143. The van der Waals surface area contributed by atoms with Gasteiger partial charge in [-0.2, -0.15) is 0 Å². The number of halogens is 2. The van der Waals surface area contributed by atoms with Gasteiger partial charge in [0.05, 0.1) is 10.6 Å². The van der Waals surface area contributed by atoms with Crippen molar-refractivity contribution in [1.29, 1.82) is 0 Å². The van der Waals surface area contributed by atoms with Gasteiger partial charge in [-0.15, -0.1) is 5.11 Å². The molecule has 0 unspecified atom stereocenters. The Morgan fingerprint density at radius 3 is 2.50 bits per heavy atom. The number of aromatic nitrogens is 1. The maximum Gasteiger partial charge on any atom is 0.187 e. The van der Waals surface area contributed by atoms with E-state index in [0.717, 1.165) is 17.7 Å². The number of hydrogen-bond acceptors (Lipinski definition) is 5. The average molecular weight is 426 g/mol. The summed E-state index contributed by atoms with van der Waals surface area (Å²) in [6, 6.07) is 14.1. The van der Waals surface area contributed by atoms with E-state index < -0.39 is 5.82 Å². The highest BCUT2D eigenvalue weighted by Gasteiger charge is 2.14. The van der Waals surface area contributed by atoms with Crippen LogP contribution in [0.4, 0.5) is 15.9 Å². The summed E-state index contributed by atoms with van der Waals surface area (Å²) < 4.78 is 14.2. The normalized spacial score (nSPS) is 12.1. The summed E-state index contributed by atoms with van der Waals surface area (Å²) in [6.07, 6.45) is 1.65. The highest BCUT2D eigenvalue weighted by molar-refractivity contribution is 6.33. The van der Waals surface area contributed by atoms with Crippen LogP contribution in [0.2, 0.25) is 5.02 Å². The first kappa shape index (κ1) is 21.4. The Bertz CT molecular complexity index is 1070. The molecule has 9 heteroatoms. The third-order valence-corrected chi connectivity index (χ3v) is 4.56. The summed E-state index contributed by atoms with van der Waals surface area (Å²) in [7, 11) is 4.03. The molecule has 4 N–H and O–H groups in total. The second-order valence-electron chi connectivity index (χ2n) is 6.81. The molecule has 2 aromatic carbocycles. The molecule has 154 valence electrons. The van der Waals surface area contributed by atoms with E-state index in [2.05, 4.69) is 25.2 Å². The van der Waals surface area contributed by atoms with Gasteiger partial charge in [-0.05, 0) is 43.4 Å². The van der Waals surface area contributed by atoms with Gasteiger partial charge < -0.3 is 16.5 Å². The number of nitrogens with zero attached hydrogens (tertiary/aromatic N) is 5. The maximum atomic E-state index is 14.2. The standard InChI is InChI=1S/C21H21ClFN7/c1-30(2)12-13-6-8-14(9-7-13)15-10-16(20(24)26-11-15)21(28-29-25)27-19-17(22)4-3-5-18(19)23/h3-11H,12H2,1-2H3,(H2,24,26)(H2,25,27,28). The van der Waals surface area contributed by atoms with Gasteiger partial charge in [0.15, 0.2) is 5.84 Å². The molecule has 0 spiro atoms. The number of nitrogens with two attached hydrogens (primary N) is 2. The van der Waals surface area contributed by atoms with E-state index >= 15 is 0 Å². The van der Waals surface area contributed by atoms with Crippen molar-refractivity contribution in [3.8, 4) is 11.1 Å². The summed E-state index contributed by atoms with van der Waals surface area (Å²) in [4.78, 5) is 10.5. The second kappa shape index (κ2) is 9.43. The van der Waals surface area contributed by atoms with Crippen molar-refractivity contribution in [2.45, 2.75) is 6.54 Å². The van der Waals surface area contributed by atoms with Crippen molar-refractivity contribution >= 4 is 28.9 Å². The van der Waals surface area contributed by atoms with E-state index in [1.165, 1.54) is 23.8 Å². The van der Waals surface area contributed by atoms with Gasteiger partial charge in [-0.25, -0.2) is 14.4 Å². The van der Waals surface area contributed by atoms with Crippen LogP contribution in [0, 0.1) is 5.82 Å². The van der Waals surface area contributed by atoms with E-state index in [1.807, 2.05) is 38.4 Å². The topological polar surface area (TPSA) is 105 Å². The molecule has 0 aliphatic carbocycles. The fourth-order valence-electron chi connectivity index (χ4n) is 2.87. The number of nitrogen functional groups attached to an aromatic ring is 1. The zero-order valence-electron chi connectivity index (χ0n) is 16.5. The molecule has 1 aromatic heterocycles. The molecule has 0 radical (unpaired) electrons. The van der Waals surface area contributed by atoms with Crippen LogP contribution in [-0.2, 0) is 6.54 Å². The van der Waals surface area contributed by atoms with E-state index in [0.29, 0.717) is 5.56 Å². The van der Waals surface area contributed by atoms with Crippen molar-refractivity contribution in [2.24, 2.45) is 21.2 Å². The van der Waals surface area contributed by atoms with E-state index in [4.69, 9.17) is 23.2 Å². The average Bonchev–Trinajstić information content (AvgIpc) is 2.71. The minimum Gasteiger partial charge on any atom is -0.383 e. The zero-order chi connectivity index (χ0) is 21.7. The Morgan fingerprint density at radius 1 is 1.13 bits per heavy atom. The van der Waals surface area contributed by atoms with Crippen molar-refractivity contribution in [1.82, 2.24) is 9.88 Å². The van der Waals surface area contributed by atoms with Crippen LogP contribution in [0.25, 0.3) is 11.1 Å². The summed E-state index contributed by atoms with van der Waals surface area (Å²) >= 11 is 6.08. The summed E-state index contributed by atoms with van der Waals surface area (Å²) in [5.74, 6) is 4.79. The van der Waals surface area contributed by atoms with Crippen molar-refractivity contribution < 1.29 is 4.39 Å². The molecule has 0 amide bonds. The molecule has 0 saturated carbocycles. The minimum absolute atomic E-state index is 0.000535. The van der Waals surface area contributed by atoms with Crippen molar-refractivity contribution in [3.05, 3.63) is 76.7 Å². The summed E-state index contributed by atoms with van der Waals surface area (Å²) in [5, 5.41) is 7.23. The quantitative estimate of drug-likeness (QED) is 0.205. The van der Waals surface area contributed by atoms with Gasteiger partial charge in [0, 0.05) is 18.3 Å². The monoisotopic (exact) mass is 425 g/mol. The van der Waals surface area contributed by atoms with Gasteiger partial charge in [-0.3, -0.25) is 0 Å². The number of hydrogen-bond donors (Lipinski definition) is 2. The van der Waals surface area contributed by atoms with Crippen LogP contribution in [0.5, 0.6) is 0 Å². The molecule has 0 aliphatic heterocycles. The predicted octanol–water partition coefficient (Wildman–Crippen LogP) is 4.59. The van der Waals surface area contributed by atoms with E-state index in [-0.39, 0.29) is 22.4 Å². The van der Waals surface area contributed by atoms with Gasteiger partial charge >= 0.3 is 0 Å². The molecule has 0 atom stereocenters. The highest BCUT2D eigenvalue weighted by atomic mass is 35.5. The Labute approximate surface area is 178 Å². The number of para-hydroxylation sites is 1. The van der Waals surface area contributed by atoms with Crippen molar-refractivity contribution in [2.75, 3.05) is 19.8 Å². The van der Waals surface area contributed by atoms with Crippen LogP contribution in [0.15, 0.2) is 70.1 Å². The smallest absolute Gasteiger partial charge is 0.187 e. The number of aliphatic imine (C=N–C) groups is 1. The molecule has 0 aliphatic rings. The van der Waals surface area contributed by atoms with Crippen LogP contribution in [0.3, 0.4) is 0 Å². The Morgan fingerprint density at radius 2 is 1.87 bits per heavy atom. The first-order valence-corrected chi connectivity index (χ1v) is 9.40. The summed E-state index contributed by atoms with van der Waals surface area (Å²) in [5.41, 5.74) is 9.21. The molecular formula is C21H21ClFN7. The van der Waals surface area contributed by atoms with Crippen LogP contribution < -0.4 is 11.6 Å². The molecular weight excluding hydrogens is 405 g/mol. The first-order valence-electron chi connectivity index (χ1n) is 9.02. The summed E-state index contributed by atoms with van der Waals surface area (Å²) in [6.45, 7) is 0.836. The highest BCUT2D eigenvalue weighted by Crippen LogP contribution is 2.30. The van der Waals surface area contributed by atoms with E-state index in [9.17, 15) is 4.39 Å². The number of rotatable bonds is 5. The van der Waals surface area contributed by atoms with Crippen LogP contribution in [-0.4, -0.2) is 29.8 Å². The van der Waals surface area contributed by atoms with Gasteiger partial charge in [-0.1, -0.05) is 47.2 Å². The fourth-order valence-corrected chi connectivity index (χ4v) is 3.08. The number of amidine groups is 1. The van der Waals surface area contributed by atoms with Crippen LogP contribution in [0.1, 0.15) is 11.1 Å². The first-order chi connectivity index (χ1) is 14.4. The van der Waals surface area contributed by atoms with Gasteiger partial charge in [0.2, 0.25) is 0 Å². The molecule has 7 nitrogen and oxygen atoms in total. The van der Waals surface area contributed by atoms with Crippen LogP contribution >= 0.6 is 11.6 Å². The molecule has 30 heavy (non-hydrogen) atoms. The third-order valence-electron chi connectivity index (χ3n) is 4.25. The number of anilines is 1. The molecule has 3 rings (SSSR count). The lowest BCUT2D eigenvalue weighted by molar-refractivity contribution is 0.402. The third kappa shape index (κ3) is 4.97. The molecule has 0 fully saturated rings. The SMILES string of the molecule is CN(C)Cc1ccc(-c2cnc(N)c(C(N=NN)=Nc3c(F)cccc3Cl)c2)cc1. The number of pyridine rings is 1. The lowest BCUT2D eigenvalue weighted by atomic mass is 10.0. The molecule has 3 aromatic rings. The predicted molar refractivity (Wildman–Crippen MR) is 118 cm³/mol. The van der Waals surface area contributed by atoms with E-state index in [1.54, 1.807) is 12.3 Å². The van der Waals surface area contributed by atoms with Gasteiger partial charge in [0.25, 0.3) is 0 Å². The Kier molecular flexibility index (Phi) is 6.71. The molecule has 0 saturated heterocycles. The minimum atomic E-state index is -0.605. The Hall–Kier alpha value is -3.36. The van der Waals surface area contributed by atoms with Crippen molar-refractivity contribution in [3.63, 3.8) is 0 Å². The number of benzene rings is 2. The lowest BCUT2D eigenvalue weighted by Crippen LogP contribution is -2.10. The Balaban J connectivity index is 2.05. The second-order valence-corrected chi connectivity index (χ2v) is 7.22. The van der Waals surface area contributed by atoms with Gasteiger partial charge in [0.1, 0.15) is 17.3 Å². The maximum absolute atomic E-state index is 14.2. The largest absolute Gasteiger partial charge is 0.383 e. The molecule has 1 heterocycles. The molecule has 0 bridgehead atoms. The lowest BCUT2D eigenvalue weighted by Gasteiger charge is -2.11. The zero-order valence-corrected chi connectivity index (χ0v) is 17.3.